The van der Waals surface area contributed by atoms with Crippen LogP contribution in [0.3, 0.4) is 0 Å². The number of halogens is 1. The molecule has 4 rings (SSSR count). The topological polar surface area (TPSA) is 76.1 Å². The molecule has 0 aliphatic rings. The molecule has 0 unspecified atom stereocenters. The zero-order valence-electron chi connectivity index (χ0n) is 17.2. The SMILES string of the molecule is CCNCC#Cc1cc2nccc(Oc3ccc(NC(=O)c4cccnc4)cc3F)c2s1. The van der Waals surface area contributed by atoms with E-state index in [0.29, 0.717) is 23.5 Å². The molecule has 32 heavy (non-hydrogen) atoms. The fourth-order valence-corrected chi connectivity index (χ4v) is 3.80. The molecule has 6 nitrogen and oxygen atoms in total. The van der Waals surface area contributed by atoms with Gasteiger partial charge in [0.1, 0.15) is 5.75 Å². The first-order valence-corrected chi connectivity index (χ1v) is 10.7. The van der Waals surface area contributed by atoms with Crippen molar-refractivity contribution < 1.29 is 13.9 Å². The standard InChI is InChI=1S/C24H19FN4O2S/c1-2-26-10-4-6-18-14-20-23(32-18)22(9-12-28-20)31-21-8-7-17(13-19(21)25)29-24(30)16-5-3-11-27-15-16/h3,5,7-9,11-15,26H,2,10H2,1H3,(H,29,30). The van der Waals surface area contributed by atoms with Crippen molar-refractivity contribution in [2.75, 3.05) is 18.4 Å². The van der Waals surface area contributed by atoms with Crippen LogP contribution in [0.25, 0.3) is 10.2 Å². The third-order valence-electron chi connectivity index (χ3n) is 4.38. The molecule has 0 fully saturated rings. The highest BCUT2D eigenvalue weighted by molar-refractivity contribution is 7.19. The van der Waals surface area contributed by atoms with Gasteiger partial charge >= 0.3 is 0 Å². The van der Waals surface area contributed by atoms with Gasteiger partial charge in [0.05, 0.1) is 27.2 Å². The fourth-order valence-electron chi connectivity index (χ4n) is 2.86. The Morgan fingerprint density at radius 2 is 2.09 bits per heavy atom. The minimum atomic E-state index is -0.596. The Morgan fingerprint density at radius 1 is 1.19 bits per heavy atom. The summed E-state index contributed by atoms with van der Waals surface area (Å²) in [7, 11) is 0. The largest absolute Gasteiger partial charge is 0.453 e. The average Bonchev–Trinajstić information content (AvgIpc) is 3.23. The van der Waals surface area contributed by atoms with Gasteiger partial charge in [0.15, 0.2) is 11.6 Å². The van der Waals surface area contributed by atoms with Crippen molar-refractivity contribution in [2.45, 2.75) is 6.92 Å². The number of rotatable bonds is 6. The van der Waals surface area contributed by atoms with Gasteiger partial charge in [0, 0.05) is 36.4 Å². The van der Waals surface area contributed by atoms with Gasteiger partial charge in [-0.3, -0.25) is 14.8 Å². The van der Waals surface area contributed by atoms with Crippen molar-refractivity contribution in [1.29, 1.82) is 0 Å². The number of pyridine rings is 2. The predicted molar refractivity (Wildman–Crippen MR) is 124 cm³/mol. The van der Waals surface area contributed by atoms with Crippen molar-refractivity contribution in [3.63, 3.8) is 0 Å². The first kappa shape index (κ1) is 21.4. The van der Waals surface area contributed by atoms with E-state index in [1.807, 2.05) is 13.0 Å². The molecule has 8 heteroatoms. The second-order valence-electron chi connectivity index (χ2n) is 6.66. The van der Waals surface area contributed by atoms with Crippen LogP contribution >= 0.6 is 11.3 Å². The number of thiophene rings is 1. The first-order chi connectivity index (χ1) is 15.6. The summed E-state index contributed by atoms with van der Waals surface area (Å²) < 4.78 is 21.3. The number of carbonyl (C=O) groups excluding carboxylic acids is 1. The summed E-state index contributed by atoms with van der Waals surface area (Å²) in [5.41, 5.74) is 1.44. The summed E-state index contributed by atoms with van der Waals surface area (Å²) >= 11 is 1.44. The molecule has 1 amide bonds. The minimum Gasteiger partial charge on any atom is -0.453 e. The maximum Gasteiger partial charge on any atom is 0.257 e. The van der Waals surface area contributed by atoms with E-state index in [0.717, 1.165) is 21.6 Å². The van der Waals surface area contributed by atoms with Gasteiger partial charge < -0.3 is 15.4 Å². The fraction of sp³-hybridized carbons (Fsp3) is 0.125. The molecule has 0 atom stereocenters. The van der Waals surface area contributed by atoms with Crippen LogP contribution in [-0.4, -0.2) is 29.0 Å². The third kappa shape index (κ3) is 5.09. The van der Waals surface area contributed by atoms with Gasteiger partial charge in [-0.15, -0.1) is 11.3 Å². The number of amides is 1. The molecule has 3 heterocycles. The molecule has 0 spiro atoms. The maximum atomic E-state index is 14.7. The number of hydrogen-bond donors (Lipinski definition) is 2. The zero-order valence-corrected chi connectivity index (χ0v) is 18.0. The first-order valence-electron chi connectivity index (χ1n) is 9.91. The Kier molecular flexibility index (Phi) is 6.70. The van der Waals surface area contributed by atoms with Gasteiger partial charge in [0.25, 0.3) is 5.91 Å². The molecular weight excluding hydrogens is 427 g/mol. The van der Waals surface area contributed by atoms with Crippen molar-refractivity contribution in [2.24, 2.45) is 0 Å². The number of nitrogens with zero attached hydrogens (tertiary/aromatic N) is 2. The molecule has 0 aliphatic carbocycles. The summed E-state index contributed by atoms with van der Waals surface area (Å²) in [6, 6.07) is 11.1. The molecule has 0 aliphatic heterocycles. The highest BCUT2D eigenvalue weighted by Gasteiger charge is 2.13. The molecule has 0 saturated heterocycles. The average molecular weight is 447 g/mol. The molecule has 0 radical (unpaired) electrons. The van der Waals surface area contributed by atoms with Crippen molar-refractivity contribution in [1.82, 2.24) is 15.3 Å². The Bertz CT molecular complexity index is 1310. The molecule has 1 aromatic carbocycles. The van der Waals surface area contributed by atoms with Crippen LogP contribution in [-0.2, 0) is 0 Å². The van der Waals surface area contributed by atoms with E-state index in [-0.39, 0.29) is 11.7 Å². The van der Waals surface area contributed by atoms with Gasteiger partial charge in [0.2, 0.25) is 0 Å². The summed E-state index contributed by atoms with van der Waals surface area (Å²) in [4.78, 5) is 21.3. The van der Waals surface area contributed by atoms with Crippen LogP contribution in [0.4, 0.5) is 10.1 Å². The number of nitrogens with one attached hydrogen (secondary N) is 2. The lowest BCUT2D eigenvalue weighted by Crippen LogP contribution is -2.12. The number of fused-ring (bicyclic) bond motifs is 1. The minimum absolute atomic E-state index is 0.0463. The number of hydrogen-bond acceptors (Lipinski definition) is 6. The smallest absolute Gasteiger partial charge is 0.257 e. The van der Waals surface area contributed by atoms with Crippen molar-refractivity contribution >= 4 is 33.1 Å². The molecule has 0 bridgehead atoms. The van der Waals surface area contributed by atoms with E-state index in [1.54, 1.807) is 36.7 Å². The number of carbonyl (C=O) groups is 1. The zero-order chi connectivity index (χ0) is 22.3. The van der Waals surface area contributed by atoms with Crippen LogP contribution in [0.1, 0.15) is 22.2 Å². The van der Waals surface area contributed by atoms with Gasteiger partial charge in [-0.05, 0) is 36.9 Å². The number of benzene rings is 1. The van der Waals surface area contributed by atoms with E-state index in [4.69, 9.17) is 4.74 Å². The Hall–Kier alpha value is -3.80. The maximum absolute atomic E-state index is 14.7. The Morgan fingerprint density at radius 3 is 2.88 bits per heavy atom. The van der Waals surface area contributed by atoms with Gasteiger partial charge in [-0.25, -0.2) is 4.39 Å². The Labute approximate surface area is 188 Å². The van der Waals surface area contributed by atoms with E-state index in [9.17, 15) is 9.18 Å². The van der Waals surface area contributed by atoms with E-state index < -0.39 is 5.82 Å². The lowest BCUT2D eigenvalue weighted by molar-refractivity contribution is 0.102. The molecule has 4 aromatic rings. The quantitative estimate of drug-likeness (QED) is 0.328. The van der Waals surface area contributed by atoms with Crippen LogP contribution in [0, 0.1) is 17.7 Å². The van der Waals surface area contributed by atoms with E-state index in [1.165, 1.54) is 29.7 Å². The molecule has 3 aromatic heterocycles. The molecule has 0 saturated carbocycles. The number of ether oxygens (including phenoxy) is 1. The van der Waals surface area contributed by atoms with Crippen LogP contribution < -0.4 is 15.4 Å². The molecule has 2 N–H and O–H groups in total. The van der Waals surface area contributed by atoms with E-state index >= 15 is 0 Å². The third-order valence-corrected chi connectivity index (χ3v) is 5.44. The summed E-state index contributed by atoms with van der Waals surface area (Å²) in [5, 5.41) is 5.80. The molecular formula is C24H19FN4O2S. The number of aromatic nitrogens is 2. The van der Waals surface area contributed by atoms with E-state index in [2.05, 4.69) is 32.4 Å². The second-order valence-corrected chi connectivity index (χ2v) is 7.71. The summed E-state index contributed by atoms with van der Waals surface area (Å²) in [6.07, 6.45) is 4.63. The van der Waals surface area contributed by atoms with Crippen LogP contribution in [0.2, 0.25) is 0 Å². The normalized spacial score (nSPS) is 10.4. The van der Waals surface area contributed by atoms with Gasteiger partial charge in [-0.1, -0.05) is 18.8 Å². The van der Waals surface area contributed by atoms with Gasteiger partial charge in [-0.2, -0.15) is 0 Å². The van der Waals surface area contributed by atoms with Crippen LogP contribution in [0.5, 0.6) is 11.5 Å². The monoisotopic (exact) mass is 446 g/mol. The predicted octanol–water partition coefficient (Wildman–Crippen LogP) is 4.84. The molecule has 160 valence electrons. The second kappa shape index (κ2) is 10.0. The lowest BCUT2D eigenvalue weighted by atomic mass is 10.2. The van der Waals surface area contributed by atoms with Crippen molar-refractivity contribution in [3.8, 4) is 23.3 Å². The summed E-state index contributed by atoms with van der Waals surface area (Å²) in [6.45, 7) is 3.49. The Balaban J connectivity index is 1.52. The van der Waals surface area contributed by atoms with Crippen LogP contribution in [0.15, 0.2) is 61.1 Å². The summed E-state index contributed by atoms with van der Waals surface area (Å²) in [5.74, 6) is 5.73. The lowest BCUT2D eigenvalue weighted by Gasteiger charge is -2.10. The number of anilines is 1. The highest BCUT2D eigenvalue weighted by Crippen LogP contribution is 2.35. The van der Waals surface area contributed by atoms with Crippen molar-refractivity contribution in [3.05, 3.63) is 77.3 Å². The highest BCUT2D eigenvalue weighted by atomic mass is 32.1.